The summed E-state index contributed by atoms with van der Waals surface area (Å²) in [5.74, 6) is 0. The predicted molar refractivity (Wildman–Crippen MR) is 77.0 cm³/mol. The standard InChI is InChI=1S/C13H7BrClNS/c14-13-6-5-12(17-13)7-10(8-16)9-1-3-11(15)4-2-9/h1-7H/b10-7+. The lowest BCUT2D eigenvalue weighted by Gasteiger charge is -1.98. The normalized spacial score (nSPS) is 11.2. The molecule has 0 saturated carbocycles. The number of halogens is 2. The van der Waals surface area contributed by atoms with Gasteiger partial charge in [-0.05, 0) is 51.8 Å². The van der Waals surface area contributed by atoms with E-state index in [1.165, 1.54) is 0 Å². The Morgan fingerprint density at radius 2 is 1.94 bits per heavy atom. The van der Waals surface area contributed by atoms with Gasteiger partial charge in [-0.2, -0.15) is 5.26 Å². The van der Waals surface area contributed by atoms with Crippen LogP contribution < -0.4 is 0 Å². The van der Waals surface area contributed by atoms with Crippen molar-refractivity contribution in [1.82, 2.24) is 0 Å². The van der Waals surface area contributed by atoms with Crippen molar-refractivity contribution in [2.45, 2.75) is 0 Å². The van der Waals surface area contributed by atoms with E-state index in [0.29, 0.717) is 10.6 Å². The fourth-order valence-corrected chi connectivity index (χ4v) is 2.85. The molecule has 0 spiro atoms. The first-order valence-corrected chi connectivity index (χ1v) is 6.81. The van der Waals surface area contributed by atoms with Crippen molar-refractivity contribution in [3.63, 3.8) is 0 Å². The molecule has 4 heteroatoms. The predicted octanol–water partition coefficient (Wildman–Crippen LogP) is 5.23. The van der Waals surface area contributed by atoms with Gasteiger partial charge >= 0.3 is 0 Å². The van der Waals surface area contributed by atoms with Crippen LogP contribution in [0.5, 0.6) is 0 Å². The van der Waals surface area contributed by atoms with E-state index in [-0.39, 0.29) is 0 Å². The second-order valence-corrected chi connectivity index (χ2v) is 6.25. The minimum atomic E-state index is 0.635. The Balaban J connectivity index is 2.37. The second-order valence-electron chi connectivity index (χ2n) is 3.32. The highest BCUT2D eigenvalue weighted by atomic mass is 79.9. The molecule has 0 N–H and O–H groups in total. The van der Waals surface area contributed by atoms with Gasteiger partial charge in [0.2, 0.25) is 0 Å². The Labute approximate surface area is 117 Å². The van der Waals surface area contributed by atoms with Gasteiger partial charge in [-0.3, -0.25) is 0 Å². The van der Waals surface area contributed by atoms with Gasteiger partial charge in [0.15, 0.2) is 0 Å². The van der Waals surface area contributed by atoms with E-state index in [9.17, 15) is 0 Å². The van der Waals surface area contributed by atoms with Crippen LogP contribution in [0.2, 0.25) is 5.02 Å². The molecule has 1 nitrogen and oxygen atoms in total. The molecule has 0 aliphatic heterocycles. The van der Waals surface area contributed by atoms with E-state index >= 15 is 0 Å². The molecule has 0 atom stereocenters. The highest BCUT2D eigenvalue weighted by Gasteiger charge is 2.02. The highest BCUT2D eigenvalue weighted by molar-refractivity contribution is 9.11. The number of allylic oxidation sites excluding steroid dienone is 1. The molecule has 17 heavy (non-hydrogen) atoms. The largest absolute Gasteiger partial charge is 0.192 e. The zero-order valence-electron chi connectivity index (χ0n) is 8.65. The number of nitrogens with zero attached hydrogens (tertiary/aromatic N) is 1. The van der Waals surface area contributed by atoms with Gasteiger partial charge in [0.05, 0.1) is 15.4 Å². The molecule has 1 heterocycles. The Morgan fingerprint density at radius 3 is 2.47 bits per heavy atom. The molecule has 0 radical (unpaired) electrons. The molecule has 84 valence electrons. The molecule has 2 aromatic rings. The van der Waals surface area contributed by atoms with Gasteiger partial charge in [-0.1, -0.05) is 23.7 Å². The number of benzene rings is 1. The number of thiophene rings is 1. The van der Waals surface area contributed by atoms with E-state index in [1.807, 2.05) is 30.3 Å². The summed E-state index contributed by atoms with van der Waals surface area (Å²) in [7, 11) is 0. The molecular weight excluding hydrogens is 318 g/mol. The summed E-state index contributed by atoms with van der Waals surface area (Å²) in [4.78, 5) is 1.04. The average molecular weight is 325 g/mol. The van der Waals surface area contributed by atoms with Crippen molar-refractivity contribution in [3.05, 3.63) is 55.6 Å². The first kappa shape index (κ1) is 12.4. The molecule has 0 unspecified atom stereocenters. The maximum absolute atomic E-state index is 9.16. The first-order valence-electron chi connectivity index (χ1n) is 4.82. The first-order chi connectivity index (χ1) is 8.19. The fourth-order valence-electron chi connectivity index (χ4n) is 1.36. The van der Waals surface area contributed by atoms with Crippen LogP contribution in [-0.4, -0.2) is 0 Å². The molecule has 0 bridgehead atoms. The SMILES string of the molecule is N#C/C(=C\c1ccc(Br)s1)c1ccc(Cl)cc1. The topological polar surface area (TPSA) is 23.8 Å². The van der Waals surface area contributed by atoms with E-state index in [1.54, 1.807) is 23.5 Å². The number of nitriles is 1. The Bertz CT molecular complexity index is 593. The van der Waals surface area contributed by atoms with Gasteiger partial charge in [-0.25, -0.2) is 0 Å². The zero-order valence-corrected chi connectivity index (χ0v) is 11.8. The monoisotopic (exact) mass is 323 g/mol. The van der Waals surface area contributed by atoms with E-state index in [4.69, 9.17) is 16.9 Å². The third-order valence-corrected chi connectivity index (χ3v) is 3.98. The maximum atomic E-state index is 9.16. The quantitative estimate of drug-likeness (QED) is 0.694. The lowest BCUT2D eigenvalue weighted by Crippen LogP contribution is -1.80. The van der Waals surface area contributed by atoms with Gasteiger partial charge in [0, 0.05) is 9.90 Å². The summed E-state index contributed by atoms with van der Waals surface area (Å²) in [5.41, 5.74) is 1.51. The summed E-state index contributed by atoms with van der Waals surface area (Å²) in [6.45, 7) is 0. The number of hydrogen-bond acceptors (Lipinski definition) is 2. The molecule has 1 aromatic carbocycles. The molecule has 0 amide bonds. The Kier molecular flexibility index (Phi) is 4.01. The lowest BCUT2D eigenvalue weighted by atomic mass is 10.1. The maximum Gasteiger partial charge on any atom is 0.0998 e. The molecule has 0 fully saturated rings. The molecule has 0 aliphatic carbocycles. The van der Waals surface area contributed by atoms with Crippen molar-refractivity contribution < 1.29 is 0 Å². The van der Waals surface area contributed by atoms with Crippen molar-refractivity contribution in [2.24, 2.45) is 0 Å². The van der Waals surface area contributed by atoms with Crippen LogP contribution in [0.15, 0.2) is 40.2 Å². The molecule has 0 aliphatic rings. The van der Waals surface area contributed by atoms with Crippen LogP contribution in [0.25, 0.3) is 11.6 Å². The van der Waals surface area contributed by atoms with Crippen LogP contribution in [-0.2, 0) is 0 Å². The highest BCUT2D eigenvalue weighted by Crippen LogP contribution is 2.26. The molecular formula is C13H7BrClNS. The van der Waals surface area contributed by atoms with Crippen molar-refractivity contribution in [1.29, 1.82) is 5.26 Å². The Hall–Kier alpha value is -1.08. The van der Waals surface area contributed by atoms with Crippen LogP contribution in [0, 0.1) is 11.3 Å². The van der Waals surface area contributed by atoms with Gasteiger partial charge < -0.3 is 0 Å². The summed E-state index contributed by atoms with van der Waals surface area (Å²) in [6.07, 6.45) is 1.87. The van der Waals surface area contributed by atoms with E-state index in [2.05, 4.69) is 22.0 Å². The van der Waals surface area contributed by atoms with Crippen molar-refractivity contribution >= 4 is 50.5 Å². The van der Waals surface area contributed by atoms with Crippen LogP contribution in [0.1, 0.15) is 10.4 Å². The van der Waals surface area contributed by atoms with Crippen molar-refractivity contribution in [2.75, 3.05) is 0 Å². The van der Waals surface area contributed by atoms with Gasteiger partial charge in [-0.15, -0.1) is 11.3 Å². The molecule has 1 aromatic heterocycles. The minimum absolute atomic E-state index is 0.635. The van der Waals surface area contributed by atoms with Crippen LogP contribution in [0.4, 0.5) is 0 Å². The minimum Gasteiger partial charge on any atom is -0.192 e. The van der Waals surface area contributed by atoms with Gasteiger partial charge in [0.1, 0.15) is 0 Å². The molecule has 2 rings (SSSR count). The number of rotatable bonds is 2. The zero-order chi connectivity index (χ0) is 12.3. The third-order valence-electron chi connectivity index (χ3n) is 2.16. The Morgan fingerprint density at radius 1 is 1.24 bits per heavy atom. The van der Waals surface area contributed by atoms with Crippen LogP contribution >= 0.6 is 38.9 Å². The lowest BCUT2D eigenvalue weighted by molar-refractivity contribution is 1.52. The smallest absolute Gasteiger partial charge is 0.0998 e. The number of hydrogen-bond donors (Lipinski definition) is 0. The second kappa shape index (κ2) is 5.50. The summed E-state index contributed by atoms with van der Waals surface area (Å²) >= 11 is 10.8. The average Bonchev–Trinajstić information content (AvgIpc) is 2.73. The van der Waals surface area contributed by atoms with E-state index in [0.717, 1.165) is 14.2 Å². The van der Waals surface area contributed by atoms with Crippen LogP contribution in [0.3, 0.4) is 0 Å². The summed E-state index contributed by atoms with van der Waals surface area (Å²) in [6, 6.07) is 13.4. The van der Waals surface area contributed by atoms with Crippen molar-refractivity contribution in [3.8, 4) is 6.07 Å². The van der Waals surface area contributed by atoms with Gasteiger partial charge in [0.25, 0.3) is 0 Å². The van der Waals surface area contributed by atoms with E-state index < -0.39 is 0 Å². The summed E-state index contributed by atoms with van der Waals surface area (Å²) in [5, 5.41) is 9.83. The third kappa shape index (κ3) is 3.19. The summed E-state index contributed by atoms with van der Waals surface area (Å²) < 4.78 is 1.05. The molecule has 0 saturated heterocycles. The fraction of sp³-hybridized carbons (Fsp3) is 0.